The molecule has 0 fully saturated rings. The van der Waals surface area contributed by atoms with Crippen LogP contribution in [0.25, 0.3) is 10.6 Å². The molecule has 1 N–H and O–H groups in total. The number of aromatic nitrogens is 2. The van der Waals surface area contributed by atoms with Gasteiger partial charge in [0.2, 0.25) is 5.91 Å². The van der Waals surface area contributed by atoms with Gasteiger partial charge in [-0.2, -0.15) is 0 Å². The van der Waals surface area contributed by atoms with Gasteiger partial charge >= 0.3 is 0 Å². The lowest BCUT2D eigenvalue weighted by atomic mass is 10.2. The minimum absolute atomic E-state index is 0.0132. The van der Waals surface area contributed by atoms with Crippen LogP contribution in [0.1, 0.15) is 16.1 Å². The number of carbonyl (C=O) groups excluding carboxylic acids is 1. The number of benzene rings is 1. The van der Waals surface area contributed by atoms with Crippen LogP contribution >= 0.6 is 11.3 Å². The van der Waals surface area contributed by atoms with Crippen molar-refractivity contribution in [3.05, 3.63) is 64.9 Å². The molecule has 0 aliphatic heterocycles. The van der Waals surface area contributed by atoms with E-state index >= 15 is 0 Å². The van der Waals surface area contributed by atoms with Crippen LogP contribution in [-0.2, 0) is 17.8 Å². The predicted molar refractivity (Wildman–Crippen MR) is 98.6 cm³/mol. The van der Waals surface area contributed by atoms with Crippen molar-refractivity contribution in [3.8, 4) is 16.3 Å². The Morgan fingerprint density at radius 2 is 2.04 bits per heavy atom. The van der Waals surface area contributed by atoms with Crippen molar-refractivity contribution in [1.29, 1.82) is 0 Å². The van der Waals surface area contributed by atoms with Crippen molar-refractivity contribution in [3.63, 3.8) is 0 Å². The molecule has 2 aromatic heterocycles. The number of hydrogen-bond donors (Lipinski definition) is 1. The highest BCUT2D eigenvalue weighted by molar-refractivity contribution is 7.15. The van der Waals surface area contributed by atoms with E-state index in [9.17, 15) is 4.79 Å². The van der Waals surface area contributed by atoms with Gasteiger partial charge in [0.05, 0.1) is 19.2 Å². The number of nitrogens with one attached hydrogen (secondary N) is 1. The van der Waals surface area contributed by atoms with E-state index in [1.807, 2.05) is 43.3 Å². The first-order chi connectivity index (χ1) is 12.2. The third-order valence-corrected chi connectivity index (χ3v) is 4.98. The quantitative estimate of drug-likeness (QED) is 0.738. The van der Waals surface area contributed by atoms with E-state index in [0.29, 0.717) is 13.0 Å². The number of ether oxygens (including phenoxy) is 1. The highest BCUT2D eigenvalue weighted by atomic mass is 32.1. The lowest BCUT2D eigenvalue weighted by Gasteiger charge is -2.04. The summed E-state index contributed by atoms with van der Waals surface area (Å²) in [6.07, 6.45) is 3.77. The fourth-order valence-corrected chi connectivity index (χ4v) is 3.44. The molecule has 25 heavy (non-hydrogen) atoms. The summed E-state index contributed by atoms with van der Waals surface area (Å²) in [5, 5.41) is 3.83. The van der Waals surface area contributed by atoms with E-state index in [1.165, 1.54) is 0 Å². The second kappa shape index (κ2) is 7.90. The average Bonchev–Trinajstić information content (AvgIpc) is 3.01. The first kappa shape index (κ1) is 17.1. The SMILES string of the molecule is COc1cccc(-c2nc(C)c(CC(=O)NCc3ccncc3)s2)c1. The molecule has 0 saturated heterocycles. The zero-order valence-electron chi connectivity index (χ0n) is 14.2. The predicted octanol–water partition coefficient (Wildman–Crippen LogP) is 3.38. The molecule has 0 spiro atoms. The lowest BCUT2D eigenvalue weighted by molar-refractivity contribution is -0.120. The minimum atomic E-state index is -0.0132. The maximum Gasteiger partial charge on any atom is 0.225 e. The van der Waals surface area contributed by atoms with Gasteiger partial charge in [-0.3, -0.25) is 9.78 Å². The third kappa shape index (κ3) is 4.42. The van der Waals surface area contributed by atoms with Gasteiger partial charge in [0.15, 0.2) is 0 Å². The maximum absolute atomic E-state index is 12.2. The highest BCUT2D eigenvalue weighted by Crippen LogP contribution is 2.30. The zero-order chi connectivity index (χ0) is 17.6. The Morgan fingerprint density at radius 3 is 2.80 bits per heavy atom. The Bertz CT molecular complexity index is 862. The summed E-state index contributed by atoms with van der Waals surface area (Å²) < 4.78 is 5.26. The number of pyridine rings is 1. The van der Waals surface area contributed by atoms with Crippen LogP contribution in [0.4, 0.5) is 0 Å². The average molecular weight is 353 g/mol. The number of aryl methyl sites for hydroxylation is 1. The van der Waals surface area contributed by atoms with E-state index in [-0.39, 0.29) is 5.91 Å². The van der Waals surface area contributed by atoms with Crippen LogP contribution in [0.3, 0.4) is 0 Å². The molecule has 0 aliphatic carbocycles. The zero-order valence-corrected chi connectivity index (χ0v) is 15.0. The summed E-state index contributed by atoms with van der Waals surface area (Å²) in [5.41, 5.74) is 2.92. The number of nitrogens with zero attached hydrogens (tertiary/aromatic N) is 2. The molecule has 3 rings (SSSR count). The molecule has 0 atom stereocenters. The molecule has 0 aliphatic rings. The van der Waals surface area contributed by atoms with Crippen LogP contribution in [0.15, 0.2) is 48.8 Å². The van der Waals surface area contributed by atoms with Gasteiger partial charge < -0.3 is 10.1 Å². The van der Waals surface area contributed by atoms with Gasteiger partial charge in [0.1, 0.15) is 10.8 Å². The molecule has 2 heterocycles. The second-order valence-corrected chi connectivity index (χ2v) is 6.65. The number of thiazole rings is 1. The molecule has 6 heteroatoms. The summed E-state index contributed by atoms with van der Waals surface area (Å²) >= 11 is 1.54. The number of amides is 1. The Kier molecular flexibility index (Phi) is 5.40. The largest absolute Gasteiger partial charge is 0.497 e. The Labute approximate surface area is 150 Å². The van der Waals surface area contributed by atoms with Crippen molar-refractivity contribution in [2.75, 3.05) is 7.11 Å². The van der Waals surface area contributed by atoms with Gasteiger partial charge in [-0.25, -0.2) is 4.98 Å². The molecule has 5 nitrogen and oxygen atoms in total. The smallest absolute Gasteiger partial charge is 0.225 e. The molecule has 0 radical (unpaired) electrons. The number of hydrogen-bond acceptors (Lipinski definition) is 5. The van der Waals surface area contributed by atoms with E-state index in [2.05, 4.69) is 15.3 Å². The fraction of sp³-hybridized carbons (Fsp3) is 0.211. The van der Waals surface area contributed by atoms with Crippen LogP contribution < -0.4 is 10.1 Å². The van der Waals surface area contributed by atoms with Crippen molar-refractivity contribution in [1.82, 2.24) is 15.3 Å². The molecule has 3 aromatic rings. The van der Waals surface area contributed by atoms with Gasteiger partial charge in [0, 0.05) is 29.4 Å². The Morgan fingerprint density at radius 1 is 1.24 bits per heavy atom. The van der Waals surface area contributed by atoms with Gasteiger partial charge in [-0.15, -0.1) is 11.3 Å². The summed E-state index contributed by atoms with van der Waals surface area (Å²) in [4.78, 5) is 21.8. The number of carbonyl (C=O) groups is 1. The highest BCUT2D eigenvalue weighted by Gasteiger charge is 2.13. The van der Waals surface area contributed by atoms with Crippen molar-refractivity contribution in [2.24, 2.45) is 0 Å². The Hall–Kier alpha value is -2.73. The van der Waals surface area contributed by atoms with Crippen LogP contribution in [0, 0.1) is 6.92 Å². The van der Waals surface area contributed by atoms with E-state index in [1.54, 1.807) is 30.8 Å². The fourth-order valence-electron chi connectivity index (χ4n) is 2.38. The summed E-state index contributed by atoms with van der Waals surface area (Å²) in [6.45, 7) is 2.44. The summed E-state index contributed by atoms with van der Waals surface area (Å²) in [7, 11) is 1.64. The van der Waals surface area contributed by atoms with E-state index < -0.39 is 0 Å². The van der Waals surface area contributed by atoms with E-state index in [0.717, 1.165) is 32.5 Å². The van der Waals surface area contributed by atoms with Crippen molar-refractivity contribution in [2.45, 2.75) is 19.9 Å². The molecule has 0 unspecified atom stereocenters. The topological polar surface area (TPSA) is 64.1 Å². The standard InChI is InChI=1S/C19H19N3O2S/c1-13-17(11-18(23)21-12-14-6-8-20-9-7-14)25-19(22-13)15-4-3-5-16(10-15)24-2/h3-10H,11-12H2,1-2H3,(H,21,23). The van der Waals surface area contributed by atoms with Crippen LogP contribution in [0.5, 0.6) is 5.75 Å². The molecule has 0 bridgehead atoms. The maximum atomic E-state index is 12.2. The van der Waals surface area contributed by atoms with E-state index in [4.69, 9.17) is 4.74 Å². The monoisotopic (exact) mass is 353 g/mol. The molecular formula is C19H19N3O2S. The number of methoxy groups -OCH3 is 1. The Balaban J connectivity index is 1.66. The second-order valence-electron chi connectivity index (χ2n) is 5.57. The molecule has 0 saturated carbocycles. The molecule has 1 aromatic carbocycles. The summed E-state index contributed by atoms with van der Waals surface area (Å²) in [6, 6.07) is 11.6. The first-order valence-electron chi connectivity index (χ1n) is 7.92. The molecule has 128 valence electrons. The first-order valence-corrected chi connectivity index (χ1v) is 8.73. The molecule has 1 amide bonds. The van der Waals surface area contributed by atoms with Crippen molar-refractivity contribution >= 4 is 17.2 Å². The normalized spacial score (nSPS) is 10.5. The van der Waals surface area contributed by atoms with Crippen LogP contribution in [-0.4, -0.2) is 23.0 Å². The van der Waals surface area contributed by atoms with Crippen molar-refractivity contribution < 1.29 is 9.53 Å². The van der Waals surface area contributed by atoms with Crippen LogP contribution in [0.2, 0.25) is 0 Å². The molecular weight excluding hydrogens is 334 g/mol. The summed E-state index contributed by atoms with van der Waals surface area (Å²) in [5.74, 6) is 0.780. The minimum Gasteiger partial charge on any atom is -0.497 e. The van der Waals surface area contributed by atoms with Gasteiger partial charge in [-0.05, 0) is 36.8 Å². The number of rotatable bonds is 6. The lowest BCUT2D eigenvalue weighted by Crippen LogP contribution is -2.24. The van der Waals surface area contributed by atoms with Gasteiger partial charge in [0.25, 0.3) is 0 Å². The van der Waals surface area contributed by atoms with Gasteiger partial charge in [-0.1, -0.05) is 12.1 Å². The third-order valence-electron chi connectivity index (χ3n) is 3.77.